The van der Waals surface area contributed by atoms with E-state index >= 15 is 0 Å². The standard InChI is InChI=1S/C10H19NO/c1-4-11-5-6-12-10(8(2)3)7-9(10)11/h8-9H,4-7H2,1-3H3. The van der Waals surface area contributed by atoms with Crippen LogP contribution in [0.1, 0.15) is 27.2 Å². The van der Waals surface area contributed by atoms with Crippen molar-refractivity contribution in [1.82, 2.24) is 4.90 Å². The van der Waals surface area contributed by atoms with Crippen LogP contribution in [0.3, 0.4) is 0 Å². The minimum atomic E-state index is 0.244. The van der Waals surface area contributed by atoms with Crippen LogP contribution in [0.15, 0.2) is 0 Å². The molecule has 1 saturated heterocycles. The van der Waals surface area contributed by atoms with Gasteiger partial charge in [-0.2, -0.15) is 0 Å². The first-order valence-electron chi connectivity index (χ1n) is 5.08. The van der Waals surface area contributed by atoms with Crippen LogP contribution in [-0.4, -0.2) is 36.2 Å². The Hall–Kier alpha value is -0.0800. The summed E-state index contributed by atoms with van der Waals surface area (Å²) in [6.45, 7) is 10.0. The fraction of sp³-hybridized carbons (Fsp3) is 1.00. The molecule has 2 atom stereocenters. The summed E-state index contributed by atoms with van der Waals surface area (Å²) in [5.41, 5.74) is 0.244. The van der Waals surface area contributed by atoms with Crippen molar-refractivity contribution >= 4 is 0 Å². The maximum Gasteiger partial charge on any atom is 0.0877 e. The maximum atomic E-state index is 5.89. The molecule has 0 aromatic rings. The Balaban J connectivity index is 2.05. The fourth-order valence-electron chi connectivity index (χ4n) is 2.51. The number of ether oxygens (including phenoxy) is 1. The fourth-order valence-corrected chi connectivity index (χ4v) is 2.51. The van der Waals surface area contributed by atoms with Crippen molar-refractivity contribution in [2.24, 2.45) is 5.92 Å². The molecule has 12 heavy (non-hydrogen) atoms. The van der Waals surface area contributed by atoms with Crippen LogP contribution < -0.4 is 0 Å². The zero-order chi connectivity index (χ0) is 8.77. The van der Waals surface area contributed by atoms with Gasteiger partial charge in [-0.3, -0.25) is 4.90 Å². The van der Waals surface area contributed by atoms with Crippen LogP contribution in [0, 0.1) is 5.92 Å². The van der Waals surface area contributed by atoms with E-state index in [9.17, 15) is 0 Å². The van der Waals surface area contributed by atoms with Crippen LogP contribution in [0.25, 0.3) is 0 Å². The molecule has 2 nitrogen and oxygen atoms in total. The van der Waals surface area contributed by atoms with E-state index in [0.29, 0.717) is 5.92 Å². The monoisotopic (exact) mass is 169 g/mol. The smallest absolute Gasteiger partial charge is 0.0877 e. The molecule has 0 aromatic carbocycles. The second kappa shape index (κ2) is 2.71. The first kappa shape index (κ1) is 8.52. The van der Waals surface area contributed by atoms with Gasteiger partial charge in [0.2, 0.25) is 0 Å². The molecule has 2 fully saturated rings. The predicted octanol–water partition coefficient (Wildman–Crippen LogP) is 1.51. The lowest BCUT2D eigenvalue weighted by Gasteiger charge is -2.33. The summed E-state index contributed by atoms with van der Waals surface area (Å²) in [6, 6.07) is 0.733. The number of fused-ring (bicyclic) bond motifs is 1. The van der Waals surface area contributed by atoms with E-state index in [1.165, 1.54) is 13.0 Å². The quantitative estimate of drug-likeness (QED) is 0.621. The highest BCUT2D eigenvalue weighted by atomic mass is 16.5. The SMILES string of the molecule is CCN1CCOC2(C(C)C)CC12. The Kier molecular flexibility index (Phi) is 1.92. The van der Waals surface area contributed by atoms with Gasteiger partial charge in [0.25, 0.3) is 0 Å². The largest absolute Gasteiger partial charge is 0.372 e. The molecule has 1 aliphatic carbocycles. The number of morpholine rings is 1. The van der Waals surface area contributed by atoms with Crippen LogP contribution in [0.5, 0.6) is 0 Å². The molecule has 0 amide bonds. The number of likely N-dealkylation sites (N-methyl/N-ethyl adjacent to an activating group) is 1. The Morgan fingerprint density at radius 3 is 2.92 bits per heavy atom. The molecule has 1 heterocycles. The van der Waals surface area contributed by atoms with E-state index in [0.717, 1.165) is 19.2 Å². The van der Waals surface area contributed by atoms with Gasteiger partial charge in [0, 0.05) is 12.6 Å². The third-order valence-electron chi connectivity index (χ3n) is 3.49. The maximum absolute atomic E-state index is 5.89. The Labute approximate surface area is 74.9 Å². The first-order chi connectivity index (χ1) is 5.70. The van der Waals surface area contributed by atoms with Crippen LogP contribution in [0.2, 0.25) is 0 Å². The molecule has 0 radical (unpaired) electrons. The van der Waals surface area contributed by atoms with E-state index in [-0.39, 0.29) is 5.60 Å². The Bertz CT molecular complexity index is 181. The lowest BCUT2D eigenvalue weighted by molar-refractivity contribution is -0.0612. The summed E-state index contributed by atoms with van der Waals surface area (Å²) >= 11 is 0. The third kappa shape index (κ3) is 1.01. The molecule has 1 saturated carbocycles. The molecular formula is C10H19NO. The number of rotatable bonds is 2. The number of nitrogens with zero attached hydrogens (tertiary/aromatic N) is 1. The van der Waals surface area contributed by atoms with Crippen molar-refractivity contribution in [1.29, 1.82) is 0 Å². The molecule has 2 rings (SSSR count). The van der Waals surface area contributed by atoms with E-state index in [1.54, 1.807) is 0 Å². The van der Waals surface area contributed by atoms with Gasteiger partial charge in [-0.25, -0.2) is 0 Å². The van der Waals surface area contributed by atoms with Crippen molar-refractivity contribution in [3.8, 4) is 0 Å². The summed E-state index contributed by atoms with van der Waals surface area (Å²) in [5, 5.41) is 0. The molecule has 0 spiro atoms. The highest BCUT2D eigenvalue weighted by Gasteiger charge is 2.61. The van der Waals surface area contributed by atoms with Crippen LogP contribution >= 0.6 is 0 Å². The molecule has 70 valence electrons. The Morgan fingerprint density at radius 1 is 1.58 bits per heavy atom. The van der Waals surface area contributed by atoms with Gasteiger partial charge in [-0.05, 0) is 18.9 Å². The molecule has 0 aromatic heterocycles. The molecular weight excluding hydrogens is 150 g/mol. The second-order valence-electron chi connectivity index (χ2n) is 4.31. The van der Waals surface area contributed by atoms with Gasteiger partial charge < -0.3 is 4.74 Å². The van der Waals surface area contributed by atoms with E-state index in [4.69, 9.17) is 4.74 Å². The number of hydrogen-bond acceptors (Lipinski definition) is 2. The minimum Gasteiger partial charge on any atom is -0.372 e. The number of hydrogen-bond donors (Lipinski definition) is 0. The molecule has 2 aliphatic rings. The normalized spacial score (nSPS) is 41.5. The predicted molar refractivity (Wildman–Crippen MR) is 49.2 cm³/mol. The third-order valence-corrected chi connectivity index (χ3v) is 3.49. The molecule has 2 unspecified atom stereocenters. The lowest BCUT2D eigenvalue weighted by Crippen LogP contribution is -2.44. The van der Waals surface area contributed by atoms with Crippen molar-refractivity contribution in [2.75, 3.05) is 19.7 Å². The highest BCUT2D eigenvalue weighted by molar-refractivity contribution is 5.15. The van der Waals surface area contributed by atoms with E-state index < -0.39 is 0 Å². The average Bonchev–Trinajstić information content (AvgIpc) is 2.78. The van der Waals surface area contributed by atoms with Crippen molar-refractivity contribution in [3.63, 3.8) is 0 Å². The molecule has 1 aliphatic heterocycles. The molecule has 2 heteroatoms. The second-order valence-corrected chi connectivity index (χ2v) is 4.31. The summed E-state index contributed by atoms with van der Waals surface area (Å²) in [7, 11) is 0. The van der Waals surface area contributed by atoms with Crippen LogP contribution in [0.4, 0.5) is 0 Å². The zero-order valence-electron chi connectivity index (χ0n) is 8.34. The van der Waals surface area contributed by atoms with Gasteiger partial charge in [-0.1, -0.05) is 20.8 Å². The van der Waals surface area contributed by atoms with Gasteiger partial charge >= 0.3 is 0 Å². The van der Waals surface area contributed by atoms with Crippen molar-refractivity contribution < 1.29 is 4.74 Å². The van der Waals surface area contributed by atoms with Gasteiger partial charge in [0.05, 0.1) is 12.2 Å². The van der Waals surface area contributed by atoms with Crippen LogP contribution in [-0.2, 0) is 4.74 Å². The van der Waals surface area contributed by atoms with E-state index in [2.05, 4.69) is 25.7 Å². The van der Waals surface area contributed by atoms with Crippen molar-refractivity contribution in [3.05, 3.63) is 0 Å². The summed E-state index contributed by atoms with van der Waals surface area (Å²) in [4.78, 5) is 2.56. The van der Waals surface area contributed by atoms with E-state index in [1.807, 2.05) is 0 Å². The van der Waals surface area contributed by atoms with Gasteiger partial charge in [0.15, 0.2) is 0 Å². The van der Waals surface area contributed by atoms with Crippen molar-refractivity contribution in [2.45, 2.75) is 38.8 Å². The van der Waals surface area contributed by atoms with Gasteiger partial charge in [-0.15, -0.1) is 0 Å². The highest BCUT2D eigenvalue weighted by Crippen LogP contribution is 2.51. The Morgan fingerprint density at radius 2 is 2.33 bits per heavy atom. The molecule has 0 bridgehead atoms. The summed E-state index contributed by atoms with van der Waals surface area (Å²) in [5.74, 6) is 0.678. The lowest BCUT2D eigenvalue weighted by atomic mass is 10.0. The molecule has 0 N–H and O–H groups in total. The average molecular weight is 169 g/mol. The topological polar surface area (TPSA) is 12.5 Å². The first-order valence-corrected chi connectivity index (χ1v) is 5.08. The van der Waals surface area contributed by atoms with Gasteiger partial charge in [0.1, 0.15) is 0 Å². The summed E-state index contributed by atoms with van der Waals surface area (Å²) < 4.78 is 5.89. The minimum absolute atomic E-state index is 0.244. The zero-order valence-corrected chi connectivity index (χ0v) is 8.34. The summed E-state index contributed by atoms with van der Waals surface area (Å²) in [6.07, 6.45) is 1.26.